The lowest BCUT2D eigenvalue weighted by molar-refractivity contribution is 0.304. The number of hydrogen-bond donors (Lipinski definition) is 3. The summed E-state index contributed by atoms with van der Waals surface area (Å²) in [5.74, 6) is 0.323. The van der Waals surface area contributed by atoms with Gasteiger partial charge >= 0.3 is 0 Å². The Balaban J connectivity index is 3.88. The van der Waals surface area contributed by atoms with E-state index in [-0.39, 0.29) is 5.41 Å². The molecule has 0 saturated carbocycles. The Morgan fingerprint density at radius 1 is 1.25 bits per heavy atom. The number of unbranched alkanes of at least 4 members (excludes halogenated alkanes) is 1. The first-order valence-electron chi connectivity index (χ1n) is 7.61. The summed E-state index contributed by atoms with van der Waals surface area (Å²) in [6, 6.07) is 0. The maximum atomic E-state index is 8.73. The first-order chi connectivity index (χ1) is 9.37. The van der Waals surface area contributed by atoms with E-state index in [0.717, 1.165) is 32.4 Å². The topological polar surface area (TPSA) is 70.6 Å². The zero-order chi connectivity index (χ0) is 15.6. The van der Waals surface area contributed by atoms with E-state index in [0.29, 0.717) is 10.6 Å². The molecule has 120 valence electrons. The molecule has 0 rings (SSSR count). The molecule has 0 bridgehead atoms. The highest BCUT2D eigenvalue weighted by molar-refractivity contribution is 8.00. The van der Waals surface area contributed by atoms with Crippen molar-refractivity contribution in [3.05, 3.63) is 0 Å². The summed E-state index contributed by atoms with van der Waals surface area (Å²) in [5.41, 5.74) is 5.47. The molecular weight excluding hydrogens is 270 g/mol. The van der Waals surface area contributed by atoms with Crippen LogP contribution in [-0.4, -0.2) is 35.1 Å². The van der Waals surface area contributed by atoms with E-state index >= 15 is 0 Å². The van der Waals surface area contributed by atoms with Crippen LogP contribution in [0, 0.1) is 5.41 Å². The van der Waals surface area contributed by atoms with Crippen molar-refractivity contribution in [2.75, 3.05) is 19.3 Å². The molecule has 0 radical (unpaired) electrons. The molecule has 0 atom stereocenters. The van der Waals surface area contributed by atoms with Crippen LogP contribution in [0.1, 0.15) is 59.8 Å². The number of thioether (sulfide) groups is 1. The maximum absolute atomic E-state index is 8.73. The third-order valence-corrected chi connectivity index (χ3v) is 5.96. The molecule has 0 spiro atoms. The fourth-order valence-electron chi connectivity index (χ4n) is 2.26. The van der Waals surface area contributed by atoms with Crippen molar-refractivity contribution in [2.24, 2.45) is 16.3 Å². The Morgan fingerprint density at radius 2 is 1.85 bits per heavy atom. The molecule has 0 saturated heterocycles. The van der Waals surface area contributed by atoms with Gasteiger partial charge in [0, 0.05) is 16.7 Å². The van der Waals surface area contributed by atoms with Crippen molar-refractivity contribution in [2.45, 2.75) is 64.5 Å². The zero-order valence-corrected chi connectivity index (χ0v) is 14.6. The molecule has 4 nitrogen and oxygen atoms in total. The smallest absolute Gasteiger partial charge is 0.144 e. The first-order valence-corrected chi connectivity index (χ1v) is 8.83. The van der Waals surface area contributed by atoms with Crippen LogP contribution >= 0.6 is 11.8 Å². The molecule has 0 unspecified atom stereocenters. The Morgan fingerprint density at radius 3 is 2.30 bits per heavy atom. The lowest BCUT2D eigenvalue weighted by Gasteiger charge is -2.30. The van der Waals surface area contributed by atoms with E-state index in [4.69, 9.17) is 10.9 Å². The van der Waals surface area contributed by atoms with Gasteiger partial charge < -0.3 is 16.3 Å². The maximum Gasteiger partial charge on any atom is 0.144 e. The van der Waals surface area contributed by atoms with Crippen molar-refractivity contribution in [3.8, 4) is 0 Å². The second-order valence-corrected chi connectivity index (χ2v) is 7.37. The first kappa shape index (κ1) is 19.6. The van der Waals surface area contributed by atoms with E-state index in [1.165, 1.54) is 12.8 Å². The van der Waals surface area contributed by atoms with Gasteiger partial charge in [-0.1, -0.05) is 39.3 Å². The third kappa shape index (κ3) is 6.35. The number of nitrogens with zero attached hydrogens (tertiary/aromatic N) is 1. The van der Waals surface area contributed by atoms with Gasteiger partial charge in [0.05, 0.1) is 0 Å². The summed E-state index contributed by atoms with van der Waals surface area (Å²) in [6.07, 6.45) is 7.76. The fraction of sp³-hybridized carbons (Fsp3) is 0.933. The zero-order valence-electron chi connectivity index (χ0n) is 13.8. The molecule has 0 amide bonds. The fourth-order valence-corrected chi connectivity index (χ4v) is 3.08. The van der Waals surface area contributed by atoms with Gasteiger partial charge in [-0.2, -0.15) is 11.8 Å². The molecule has 0 heterocycles. The Kier molecular flexibility index (Phi) is 9.30. The predicted octanol–water partition coefficient (Wildman–Crippen LogP) is 3.44. The van der Waals surface area contributed by atoms with Crippen LogP contribution in [0.3, 0.4) is 0 Å². The molecule has 5 heteroatoms. The van der Waals surface area contributed by atoms with Crippen molar-refractivity contribution in [1.82, 2.24) is 5.32 Å². The molecule has 0 aliphatic carbocycles. The number of rotatable bonds is 11. The minimum atomic E-state index is -0.218. The molecule has 0 aromatic heterocycles. The lowest BCUT2D eigenvalue weighted by Crippen LogP contribution is -2.37. The van der Waals surface area contributed by atoms with Crippen LogP contribution < -0.4 is 11.1 Å². The summed E-state index contributed by atoms with van der Waals surface area (Å²) in [7, 11) is 0. The normalized spacial score (nSPS) is 13.8. The summed E-state index contributed by atoms with van der Waals surface area (Å²) in [5, 5.41) is 15.4. The van der Waals surface area contributed by atoms with Crippen LogP contribution in [0.15, 0.2) is 5.16 Å². The van der Waals surface area contributed by atoms with Gasteiger partial charge in [0.1, 0.15) is 5.84 Å². The van der Waals surface area contributed by atoms with Crippen molar-refractivity contribution in [1.29, 1.82) is 0 Å². The number of amidine groups is 1. The van der Waals surface area contributed by atoms with Gasteiger partial charge in [0.2, 0.25) is 0 Å². The number of nitrogens with two attached hydrogens (primary N) is 1. The molecule has 4 N–H and O–H groups in total. The van der Waals surface area contributed by atoms with E-state index < -0.39 is 0 Å². The molecular formula is C15H33N3OS. The summed E-state index contributed by atoms with van der Waals surface area (Å²) < 4.78 is 0.382. The van der Waals surface area contributed by atoms with Gasteiger partial charge in [-0.3, -0.25) is 0 Å². The molecule has 0 fully saturated rings. The number of nitrogens with one attached hydrogen (secondary N) is 1. The monoisotopic (exact) mass is 303 g/mol. The summed E-state index contributed by atoms with van der Waals surface area (Å²) >= 11 is 1.97. The van der Waals surface area contributed by atoms with E-state index in [1.54, 1.807) is 0 Å². The third-order valence-electron chi connectivity index (χ3n) is 4.38. The number of hydrogen-bond acceptors (Lipinski definition) is 4. The molecule has 20 heavy (non-hydrogen) atoms. The van der Waals surface area contributed by atoms with Crippen LogP contribution in [0.4, 0.5) is 0 Å². The highest BCUT2D eigenvalue weighted by Crippen LogP contribution is 2.29. The van der Waals surface area contributed by atoms with E-state index in [1.807, 2.05) is 25.6 Å². The van der Waals surface area contributed by atoms with Gasteiger partial charge in [-0.25, -0.2) is 0 Å². The quantitative estimate of drug-likeness (QED) is 0.180. The summed E-state index contributed by atoms with van der Waals surface area (Å²) in [6.45, 7) is 10.7. The highest BCUT2D eigenvalue weighted by atomic mass is 32.2. The standard InChI is InChI=1S/C15H33N3OS/c1-6-15(7-2,20-5)12-17-11-9-8-10-14(3,4)13(16)18-19/h17,19H,6-12H2,1-5H3,(H2,16,18). The van der Waals surface area contributed by atoms with Gasteiger partial charge in [0.25, 0.3) is 0 Å². The highest BCUT2D eigenvalue weighted by Gasteiger charge is 2.24. The summed E-state index contributed by atoms with van der Waals surface area (Å²) in [4.78, 5) is 0. The lowest BCUT2D eigenvalue weighted by atomic mass is 9.86. The van der Waals surface area contributed by atoms with Gasteiger partial charge in [0.15, 0.2) is 0 Å². The van der Waals surface area contributed by atoms with Crippen molar-refractivity contribution < 1.29 is 5.21 Å². The van der Waals surface area contributed by atoms with Gasteiger partial charge in [-0.05, 0) is 38.5 Å². The Labute approximate surface area is 129 Å². The van der Waals surface area contributed by atoms with Crippen LogP contribution in [0.5, 0.6) is 0 Å². The number of oxime groups is 1. The van der Waals surface area contributed by atoms with Crippen molar-refractivity contribution >= 4 is 17.6 Å². The molecule has 0 aromatic carbocycles. The Bertz CT molecular complexity index is 281. The van der Waals surface area contributed by atoms with Crippen LogP contribution in [0.25, 0.3) is 0 Å². The minimum Gasteiger partial charge on any atom is -0.409 e. The van der Waals surface area contributed by atoms with Crippen LogP contribution in [-0.2, 0) is 0 Å². The minimum absolute atomic E-state index is 0.218. The second kappa shape index (κ2) is 9.50. The Hall–Kier alpha value is -0.420. The average Bonchev–Trinajstić information content (AvgIpc) is 2.46. The predicted molar refractivity (Wildman–Crippen MR) is 90.7 cm³/mol. The molecule has 0 aliphatic rings. The molecule has 0 aliphatic heterocycles. The van der Waals surface area contributed by atoms with E-state index in [9.17, 15) is 0 Å². The van der Waals surface area contributed by atoms with Crippen molar-refractivity contribution in [3.63, 3.8) is 0 Å². The largest absolute Gasteiger partial charge is 0.409 e. The second-order valence-electron chi connectivity index (χ2n) is 6.10. The SMILES string of the molecule is CCC(CC)(CNCCCCC(C)(C)C(N)=NO)SC. The average molecular weight is 304 g/mol. The van der Waals surface area contributed by atoms with Gasteiger partial charge in [-0.15, -0.1) is 0 Å². The van der Waals surface area contributed by atoms with E-state index in [2.05, 4.69) is 30.6 Å². The van der Waals surface area contributed by atoms with Crippen LogP contribution in [0.2, 0.25) is 0 Å². The molecule has 0 aromatic rings.